The van der Waals surface area contributed by atoms with Gasteiger partial charge in [-0.1, -0.05) is 29.8 Å². The van der Waals surface area contributed by atoms with Crippen LogP contribution in [0.5, 0.6) is 0 Å². The molecule has 0 aliphatic heterocycles. The monoisotopic (exact) mass is 453 g/mol. The SMILES string of the molecule is Cc1onc(-c2ccc(F)cc2F)c1C(=O)N[C@H]1CCC[C@@H](CNC(=O)c2ccccc2)C1. The number of aryl methyl sites for hydroxylation is 1. The van der Waals surface area contributed by atoms with Crippen LogP contribution in [0.25, 0.3) is 11.3 Å². The maximum atomic E-state index is 14.3. The maximum absolute atomic E-state index is 14.3. The third-order valence-corrected chi connectivity index (χ3v) is 5.98. The van der Waals surface area contributed by atoms with Gasteiger partial charge in [0.25, 0.3) is 11.8 Å². The molecule has 2 aromatic carbocycles. The Labute approximate surface area is 190 Å². The second-order valence-corrected chi connectivity index (χ2v) is 8.37. The molecule has 3 aromatic rings. The molecule has 2 N–H and O–H groups in total. The summed E-state index contributed by atoms with van der Waals surface area (Å²) in [6.07, 6.45) is 3.39. The average molecular weight is 453 g/mol. The highest BCUT2D eigenvalue weighted by Gasteiger charge is 2.28. The summed E-state index contributed by atoms with van der Waals surface area (Å²) in [5.74, 6) is -1.57. The van der Waals surface area contributed by atoms with Crippen LogP contribution >= 0.6 is 0 Å². The van der Waals surface area contributed by atoms with Crippen molar-refractivity contribution in [3.05, 3.63) is 77.1 Å². The van der Waals surface area contributed by atoms with E-state index in [2.05, 4.69) is 15.8 Å². The summed E-state index contributed by atoms with van der Waals surface area (Å²) < 4.78 is 32.7. The lowest BCUT2D eigenvalue weighted by Crippen LogP contribution is -2.41. The summed E-state index contributed by atoms with van der Waals surface area (Å²) in [7, 11) is 0. The fraction of sp³-hybridized carbons (Fsp3) is 0.320. The second-order valence-electron chi connectivity index (χ2n) is 8.37. The lowest BCUT2D eigenvalue weighted by atomic mass is 9.85. The molecule has 33 heavy (non-hydrogen) atoms. The molecule has 0 radical (unpaired) electrons. The first kappa shape index (κ1) is 22.6. The van der Waals surface area contributed by atoms with Crippen molar-refractivity contribution in [2.75, 3.05) is 6.54 Å². The number of hydrogen-bond acceptors (Lipinski definition) is 4. The summed E-state index contributed by atoms with van der Waals surface area (Å²) in [5, 5.41) is 9.81. The predicted molar refractivity (Wildman–Crippen MR) is 119 cm³/mol. The van der Waals surface area contributed by atoms with Gasteiger partial charge in [-0.3, -0.25) is 9.59 Å². The Hall–Kier alpha value is -3.55. The molecule has 1 fully saturated rings. The highest BCUT2D eigenvalue weighted by Crippen LogP contribution is 2.29. The smallest absolute Gasteiger partial charge is 0.257 e. The minimum absolute atomic E-state index is 0.00328. The average Bonchev–Trinajstić information content (AvgIpc) is 3.19. The molecule has 1 saturated carbocycles. The predicted octanol–water partition coefficient (Wildman–Crippen LogP) is 4.65. The largest absolute Gasteiger partial charge is 0.360 e. The molecule has 2 atom stereocenters. The Morgan fingerprint density at radius 1 is 1.09 bits per heavy atom. The van der Waals surface area contributed by atoms with E-state index in [4.69, 9.17) is 4.52 Å². The second kappa shape index (κ2) is 9.94. The van der Waals surface area contributed by atoms with Gasteiger partial charge in [0.1, 0.15) is 28.7 Å². The molecule has 2 amide bonds. The van der Waals surface area contributed by atoms with Crippen LogP contribution in [0.15, 0.2) is 53.1 Å². The molecular weight excluding hydrogens is 428 g/mol. The van der Waals surface area contributed by atoms with Crippen LogP contribution in [0, 0.1) is 24.5 Å². The molecule has 8 heteroatoms. The van der Waals surface area contributed by atoms with Crippen molar-refractivity contribution in [2.24, 2.45) is 5.92 Å². The topological polar surface area (TPSA) is 84.2 Å². The molecule has 1 aliphatic rings. The normalized spacial score (nSPS) is 18.0. The molecule has 1 heterocycles. The Balaban J connectivity index is 1.40. The summed E-state index contributed by atoms with van der Waals surface area (Å²) in [6, 6.07) is 12.0. The van der Waals surface area contributed by atoms with E-state index < -0.39 is 17.5 Å². The first-order valence-corrected chi connectivity index (χ1v) is 11.0. The van der Waals surface area contributed by atoms with E-state index in [0.29, 0.717) is 18.5 Å². The summed E-state index contributed by atoms with van der Waals surface area (Å²) >= 11 is 0. The number of aromatic nitrogens is 1. The Bertz CT molecular complexity index is 1150. The number of amides is 2. The van der Waals surface area contributed by atoms with E-state index in [1.807, 2.05) is 18.2 Å². The molecule has 0 unspecified atom stereocenters. The zero-order valence-electron chi connectivity index (χ0n) is 18.2. The van der Waals surface area contributed by atoms with Crippen molar-refractivity contribution >= 4 is 11.8 Å². The molecule has 0 bridgehead atoms. The molecule has 172 valence electrons. The van der Waals surface area contributed by atoms with E-state index >= 15 is 0 Å². The number of carbonyl (C=O) groups excluding carboxylic acids is 2. The van der Waals surface area contributed by atoms with Crippen LogP contribution in [0.2, 0.25) is 0 Å². The minimum atomic E-state index is -0.816. The number of benzene rings is 2. The van der Waals surface area contributed by atoms with Gasteiger partial charge in [0.05, 0.1) is 0 Å². The fourth-order valence-corrected chi connectivity index (χ4v) is 4.30. The van der Waals surface area contributed by atoms with Gasteiger partial charge >= 0.3 is 0 Å². The minimum Gasteiger partial charge on any atom is -0.360 e. The van der Waals surface area contributed by atoms with Crippen molar-refractivity contribution < 1.29 is 22.9 Å². The number of carbonyl (C=O) groups is 2. The van der Waals surface area contributed by atoms with E-state index in [1.165, 1.54) is 6.07 Å². The number of nitrogens with zero attached hydrogens (tertiary/aromatic N) is 1. The molecule has 6 nitrogen and oxygen atoms in total. The number of halogens is 2. The zero-order valence-corrected chi connectivity index (χ0v) is 18.2. The third-order valence-electron chi connectivity index (χ3n) is 5.98. The lowest BCUT2D eigenvalue weighted by Gasteiger charge is -2.30. The van der Waals surface area contributed by atoms with Gasteiger partial charge in [-0.15, -0.1) is 0 Å². The number of rotatable bonds is 6. The van der Waals surface area contributed by atoms with E-state index in [9.17, 15) is 18.4 Å². The Morgan fingerprint density at radius 2 is 1.88 bits per heavy atom. The van der Waals surface area contributed by atoms with Gasteiger partial charge in [-0.05, 0) is 56.4 Å². The molecule has 0 spiro atoms. The van der Waals surface area contributed by atoms with Crippen molar-refractivity contribution in [2.45, 2.75) is 38.6 Å². The van der Waals surface area contributed by atoms with Gasteiger partial charge < -0.3 is 15.2 Å². The maximum Gasteiger partial charge on any atom is 0.257 e. The van der Waals surface area contributed by atoms with Crippen molar-refractivity contribution in [3.8, 4) is 11.3 Å². The highest BCUT2D eigenvalue weighted by molar-refractivity contribution is 6.01. The number of nitrogens with one attached hydrogen (secondary N) is 2. The summed E-state index contributed by atoms with van der Waals surface area (Å²) in [5.41, 5.74) is 0.801. The van der Waals surface area contributed by atoms with Crippen LogP contribution in [-0.2, 0) is 0 Å². The quantitative estimate of drug-likeness (QED) is 0.569. The van der Waals surface area contributed by atoms with Crippen LogP contribution in [-0.4, -0.2) is 29.6 Å². The van der Waals surface area contributed by atoms with E-state index in [0.717, 1.165) is 31.4 Å². The van der Waals surface area contributed by atoms with Crippen LogP contribution in [0.3, 0.4) is 0 Å². The molecular formula is C25H25F2N3O3. The van der Waals surface area contributed by atoms with Gasteiger partial charge in [0, 0.05) is 29.8 Å². The van der Waals surface area contributed by atoms with Gasteiger partial charge in [0.2, 0.25) is 0 Å². The number of hydrogen-bond donors (Lipinski definition) is 2. The lowest BCUT2D eigenvalue weighted by molar-refractivity contribution is 0.0901. The molecule has 4 rings (SSSR count). The van der Waals surface area contributed by atoms with E-state index in [-0.39, 0.29) is 40.4 Å². The van der Waals surface area contributed by atoms with Gasteiger partial charge in [-0.25, -0.2) is 8.78 Å². The van der Waals surface area contributed by atoms with Crippen LogP contribution < -0.4 is 10.6 Å². The summed E-state index contributed by atoms with van der Waals surface area (Å²) in [6.45, 7) is 2.11. The van der Waals surface area contributed by atoms with E-state index in [1.54, 1.807) is 19.1 Å². The van der Waals surface area contributed by atoms with Gasteiger partial charge in [0.15, 0.2) is 0 Å². The molecule has 0 saturated heterocycles. The van der Waals surface area contributed by atoms with Gasteiger partial charge in [-0.2, -0.15) is 0 Å². The molecule has 1 aromatic heterocycles. The fourth-order valence-electron chi connectivity index (χ4n) is 4.30. The third kappa shape index (κ3) is 5.27. The van der Waals surface area contributed by atoms with Crippen molar-refractivity contribution in [1.82, 2.24) is 15.8 Å². The zero-order chi connectivity index (χ0) is 23.4. The van der Waals surface area contributed by atoms with Crippen molar-refractivity contribution in [1.29, 1.82) is 0 Å². The van der Waals surface area contributed by atoms with Crippen LogP contribution in [0.1, 0.15) is 52.2 Å². The Morgan fingerprint density at radius 3 is 2.64 bits per heavy atom. The standard InChI is InChI=1S/C25H25F2N3O3/c1-15-22(23(30-33-15)20-11-10-18(26)13-21(20)27)25(32)29-19-9-5-6-16(12-19)14-28-24(31)17-7-3-2-4-8-17/h2-4,7-8,10-11,13,16,19H,5-6,9,12,14H2,1H3,(H,28,31)(H,29,32)/t16-,19+/m1/s1. The van der Waals surface area contributed by atoms with Crippen molar-refractivity contribution in [3.63, 3.8) is 0 Å². The van der Waals surface area contributed by atoms with Crippen LogP contribution in [0.4, 0.5) is 8.78 Å². The Kier molecular flexibility index (Phi) is 6.82. The highest BCUT2D eigenvalue weighted by atomic mass is 19.1. The summed E-state index contributed by atoms with van der Waals surface area (Å²) in [4.78, 5) is 25.4. The first-order valence-electron chi connectivity index (χ1n) is 11.0. The first-order chi connectivity index (χ1) is 15.9. The molecule has 1 aliphatic carbocycles.